The van der Waals surface area contributed by atoms with E-state index in [1.165, 1.54) is 12.8 Å². The second-order valence-electron chi connectivity index (χ2n) is 4.97. The molecule has 0 radical (unpaired) electrons. The molecule has 1 aliphatic carbocycles. The molecule has 0 aromatic heterocycles. The van der Waals surface area contributed by atoms with E-state index in [-0.39, 0.29) is 10.6 Å². The fraction of sp³-hybridized carbons (Fsp3) is 0.571. The first-order valence-corrected chi connectivity index (χ1v) is 6.67. The van der Waals surface area contributed by atoms with Crippen LogP contribution in [-0.2, 0) is 6.42 Å². The molecular formula is C14H20N2O2. The first-order valence-electron chi connectivity index (χ1n) is 6.67. The summed E-state index contributed by atoms with van der Waals surface area (Å²) in [4.78, 5) is 10.4. The molecule has 1 N–H and O–H groups in total. The maximum atomic E-state index is 10.7. The van der Waals surface area contributed by atoms with E-state index in [0.29, 0.717) is 6.04 Å². The minimum Gasteiger partial charge on any atom is -0.314 e. The van der Waals surface area contributed by atoms with Crippen molar-refractivity contribution in [1.29, 1.82) is 0 Å². The third kappa shape index (κ3) is 3.53. The zero-order valence-corrected chi connectivity index (χ0v) is 10.8. The lowest BCUT2D eigenvalue weighted by Gasteiger charge is -2.16. The van der Waals surface area contributed by atoms with E-state index in [4.69, 9.17) is 0 Å². The molecule has 4 heteroatoms. The molecule has 2 rings (SSSR count). The highest BCUT2D eigenvalue weighted by atomic mass is 16.6. The quantitative estimate of drug-likeness (QED) is 0.596. The van der Waals surface area contributed by atoms with Gasteiger partial charge in [0.2, 0.25) is 0 Å². The molecular weight excluding hydrogens is 228 g/mol. The molecule has 1 aliphatic rings. The van der Waals surface area contributed by atoms with Crippen LogP contribution in [0.4, 0.5) is 5.69 Å². The van der Waals surface area contributed by atoms with E-state index < -0.39 is 0 Å². The molecule has 0 saturated heterocycles. The third-order valence-electron chi connectivity index (χ3n) is 3.52. The van der Waals surface area contributed by atoms with Gasteiger partial charge in [-0.05, 0) is 43.7 Å². The van der Waals surface area contributed by atoms with Crippen LogP contribution in [0.15, 0.2) is 24.3 Å². The van der Waals surface area contributed by atoms with Gasteiger partial charge in [0.1, 0.15) is 0 Å². The molecule has 0 heterocycles. The fourth-order valence-corrected chi connectivity index (χ4v) is 2.41. The number of nitro benzene ring substituents is 1. The number of hydrogen-bond acceptors (Lipinski definition) is 3. The van der Waals surface area contributed by atoms with E-state index in [1.807, 2.05) is 6.07 Å². The molecule has 1 aromatic rings. The van der Waals surface area contributed by atoms with Gasteiger partial charge in [-0.25, -0.2) is 0 Å². The summed E-state index contributed by atoms with van der Waals surface area (Å²) in [7, 11) is 0. The van der Waals surface area contributed by atoms with Crippen molar-refractivity contribution in [3.8, 4) is 0 Å². The normalized spacial score (nSPS) is 16.5. The minimum absolute atomic E-state index is 0.193. The molecule has 4 nitrogen and oxygen atoms in total. The molecule has 0 spiro atoms. The topological polar surface area (TPSA) is 55.2 Å². The Labute approximate surface area is 108 Å². The van der Waals surface area contributed by atoms with E-state index in [2.05, 4.69) is 12.2 Å². The SMILES string of the molecule is CCNC(CCc1cccc([N+](=O)[O-])c1)C1CC1. The van der Waals surface area contributed by atoms with E-state index >= 15 is 0 Å². The van der Waals surface area contributed by atoms with Gasteiger partial charge in [-0.15, -0.1) is 0 Å². The van der Waals surface area contributed by atoms with Crippen LogP contribution in [-0.4, -0.2) is 17.5 Å². The Morgan fingerprint density at radius 2 is 2.28 bits per heavy atom. The van der Waals surface area contributed by atoms with Crippen molar-refractivity contribution in [3.63, 3.8) is 0 Å². The van der Waals surface area contributed by atoms with Crippen LogP contribution >= 0.6 is 0 Å². The highest BCUT2D eigenvalue weighted by molar-refractivity contribution is 5.34. The zero-order chi connectivity index (χ0) is 13.0. The summed E-state index contributed by atoms with van der Waals surface area (Å²) >= 11 is 0. The van der Waals surface area contributed by atoms with Gasteiger partial charge in [-0.1, -0.05) is 19.1 Å². The van der Waals surface area contributed by atoms with Crippen molar-refractivity contribution < 1.29 is 4.92 Å². The first kappa shape index (κ1) is 13.0. The van der Waals surface area contributed by atoms with Gasteiger partial charge in [0, 0.05) is 18.2 Å². The second-order valence-corrected chi connectivity index (χ2v) is 4.97. The van der Waals surface area contributed by atoms with Crippen LogP contribution in [0.5, 0.6) is 0 Å². The maximum Gasteiger partial charge on any atom is 0.269 e. The Bertz CT molecular complexity index is 416. The highest BCUT2D eigenvalue weighted by Gasteiger charge is 2.30. The average Bonchev–Trinajstić information content (AvgIpc) is 3.19. The van der Waals surface area contributed by atoms with Crippen LogP contribution in [0.1, 0.15) is 31.7 Å². The van der Waals surface area contributed by atoms with Gasteiger partial charge in [0.05, 0.1) is 4.92 Å². The van der Waals surface area contributed by atoms with Crippen molar-refractivity contribution in [3.05, 3.63) is 39.9 Å². The van der Waals surface area contributed by atoms with E-state index in [0.717, 1.165) is 30.9 Å². The Hall–Kier alpha value is -1.42. The van der Waals surface area contributed by atoms with Crippen molar-refractivity contribution >= 4 is 5.69 Å². The van der Waals surface area contributed by atoms with Gasteiger partial charge in [0.15, 0.2) is 0 Å². The van der Waals surface area contributed by atoms with E-state index in [1.54, 1.807) is 18.2 Å². The summed E-state index contributed by atoms with van der Waals surface area (Å²) in [6.45, 7) is 3.12. The Kier molecular flexibility index (Phi) is 4.31. The smallest absolute Gasteiger partial charge is 0.269 e. The van der Waals surface area contributed by atoms with Gasteiger partial charge in [-0.3, -0.25) is 10.1 Å². The summed E-state index contributed by atoms with van der Waals surface area (Å²) in [5.41, 5.74) is 1.26. The number of benzene rings is 1. The number of nitrogens with one attached hydrogen (secondary N) is 1. The number of nitro groups is 1. The molecule has 1 saturated carbocycles. The summed E-state index contributed by atoms with van der Waals surface area (Å²) in [6, 6.07) is 7.56. The highest BCUT2D eigenvalue weighted by Crippen LogP contribution is 2.34. The van der Waals surface area contributed by atoms with Gasteiger partial charge >= 0.3 is 0 Å². The molecule has 1 unspecified atom stereocenters. The van der Waals surface area contributed by atoms with Crippen LogP contribution in [0, 0.1) is 16.0 Å². The number of nitrogens with zero attached hydrogens (tertiary/aromatic N) is 1. The zero-order valence-electron chi connectivity index (χ0n) is 10.8. The number of aryl methyl sites for hydroxylation is 1. The number of rotatable bonds is 7. The predicted molar refractivity (Wildman–Crippen MR) is 71.6 cm³/mol. The maximum absolute atomic E-state index is 10.7. The van der Waals surface area contributed by atoms with Crippen LogP contribution in [0.2, 0.25) is 0 Å². The van der Waals surface area contributed by atoms with Gasteiger partial charge < -0.3 is 5.32 Å². The molecule has 0 bridgehead atoms. The number of hydrogen-bond donors (Lipinski definition) is 1. The summed E-state index contributed by atoms with van der Waals surface area (Å²) in [5, 5.41) is 14.2. The monoisotopic (exact) mass is 248 g/mol. The first-order chi connectivity index (χ1) is 8.70. The summed E-state index contributed by atoms with van der Waals surface area (Å²) in [6.07, 6.45) is 4.63. The summed E-state index contributed by atoms with van der Waals surface area (Å²) < 4.78 is 0. The third-order valence-corrected chi connectivity index (χ3v) is 3.52. The molecule has 1 aromatic carbocycles. The van der Waals surface area contributed by atoms with Crippen molar-refractivity contribution in [2.24, 2.45) is 5.92 Å². The largest absolute Gasteiger partial charge is 0.314 e. The predicted octanol–water partition coefficient (Wildman–Crippen LogP) is 2.92. The standard InChI is InChI=1S/C14H20N2O2/c1-2-15-14(12-7-8-12)9-6-11-4-3-5-13(10-11)16(17)18/h3-5,10,12,14-15H,2,6-9H2,1H3. The molecule has 1 fully saturated rings. The fourth-order valence-electron chi connectivity index (χ4n) is 2.41. The van der Waals surface area contributed by atoms with E-state index in [9.17, 15) is 10.1 Å². The lowest BCUT2D eigenvalue weighted by atomic mass is 10.0. The summed E-state index contributed by atoms with van der Waals surface area (Å²) in [5.74, 6) is 0.823. The van der Waals surface area contributed by atoms with Crippen molar-refractivity contribution in [2.75, 3.05) is 6.54 Å². The minimum atomic E-state index is -0.327. The molecule has 0 aliphatic heterocycles. The number of non-ortho nitro benzene ring substituents is 1. The molecule has 1 atom stereocenters. The molecule has 0 amide bonds. The van der Waals surface area contributed by atoms with Crippen molar-refractivity contribution in [2.45, 2.75) is 38.6 Å². The van der Waals surface area contributed by atoms with Gasteiger partial charge in [0.25, 0.3) is 5.69 Å². The lowest BCUT2D eigenvalue weighted by molar-refractivity contribution is -0.384. The lowest BCUT2D eigenvalue weighted by Crippen LogP contribution is -2.31. The molecule has 98 valence electrons. The van der Waals surface area contributed by atoms with Crippen LogP contribution < -0.4 is 5.32 Å². The Morgan fingerprint density at radius 1 is 1.50 bits per heavy atom. The van der Waals surface area contributed by atoms with Gasteiger partial charge in [-0.2, -0.15) is 0 Å². The Balaban J connectivity index is 1.92. The second kappa shape index (κ2) is 5.96. The van der Waals surface area contributed by atoms with Crippen LogP contribution in [0.3, 0.4) is 0 Å². The Morgan fingerprint density at radius 3 is 2.89 bits per heavy atom. The van der Waals surface area contributed by atoms with Crippen LogP contribution in [0.25, 0.3) is 0 Å². The molecule has 18 heavy (non-hydrogen) atoms. The van der Waals surface area contributed by atoms with Crippen molar-refractivity contribution in [1.82, 2.24) is 5.32 Å². The average molecular weight is 248 g/mol.